The molecule has 2 aromatic rings. The first-order chi connectivity index (χ1) is 9.08. The average Bonchev–Trinajstić information content (AvgIpc) is 2.39. The molecular weight excluding hydrogens is 243 g/mol. The van der Waals surface area contributed by atoms with Crippen LogP contribution in [0.3, 0.4) is 0 Å². The summed E-state index contributed by atoms with van der Waals surface area (Å²) in [7, 11) is 0. The van der Waals surface area contributed by atoms with Gasteiger partial charge in [0.25, 0.3) is 0 Å². The van der Waals surface area contributed by atoms with Crippen molar-refractivity contribution in [2.45, 2.75) is 13.5 Å². The van der Waals surface area contributed by atoms with Gasteiger partial charge in [0.2, 0.25) is 0 Å². The number of benzene rings is 2. The molecule has 19 heavy (non-hydrogen) atoms. The summed E-state index contributed by atoms with van der Waals surface area (Å²) in [5.74, 6) is -0.109. The van der Waals surface area contributed by atoms with Gasteiger partial charge in [-0.25, -0.2) is 4.39 Å². The van der Waals surface area contributed by atoms with Crippen LogP contribution in [0, 0.1) is 18.2 Å². The highest BCUT2D eigenvalue weighted by atomic mass is 19.1. The van der Waals surface area contributed by atoms with E-state index in [0.717, 1.165) is 11.1 Å². The summed E-state index contributed by atoms with van der Waals surface area (Å²) in [4.78, 5) is 0. The van der Waals surface area contributed by atoms with Crippen molar-refractivity contribution in [2.24, 2.45) is 5.73 Å². The Kier molecular flexibility index (Phi) is 3.80. The van der Waals surface area contributed by atoms with Crippen molar-refractivity contribution in [2.75, 3.05) is 0 Å². The summed E-state index contributed by atoms with van der Waals surface area (Å²) >= 11 is 0. The number of halogens is 1. The molecule has 0 saturated carbocycles. The Bertz CT molecular complexity index is 611. The van der Waals surface area contributed by atoms with Gasteiger partial charge in [-0.2, -0.15) is 0 Å². The molecule has 0 amide bonds. The van der Waals surface area contributed by atoms with E-state index in [1.807, 2.05) is 19.1 Å². The van der Waals surface area contributed by atoms with Crippen LogP contribution in [0.1, 0.15) is 16.7 Å². The maximum absolute atomic E-state index is 13.4. The van der Waals surface area contributed by atoms with E-state index in [4.69, 9.17) is 15.9 Å². The highest BCUT2D eigenvalue weighted by molar-refractivity contribution is 5.95. The Labute approximate surface area is 111 Å². The minimum absolute atomic E-state index is 0.0321. The van der Waals surface area contributed by atoms with E-state index in [2.05, 4.69) is 0 Å². The first kappa shape index (κ1) is 13.1. The molecule has 0 bridgehead atoms. The summed E-state index contributed by atoms with van der Waals surface area (Å²) < 4.78 is 18.8. The van der Waals surface area contributed by atoms with Crippen LogP contribution in [0.4, 0.5) is 4.39 Å². The first-order valence-electron chi connectivity index (χ1n) is 5.89. The van der Waals surface area contributed by atoms with E-state index in [1.54, 1.807) is 24.3 Å². The first-order valence-corrected chi connectivity index (χ1v) is 5.89. The van der Waals surface area contributed by atoms with Crippen LogP contribution in [0.25, 0.3) is 0 Å². The summed E-state index contributed by atoms with van der Waals surface area (Å²) in [6.07, 6.45) is 0. The summed E-state index contributed by atoms with van der Waals surface area (Å²) in [6.45, 7) is 2.19. The average molecular weight is 258 g/mol. The molecule has 0 atom stereocenters. The van der Waals surface area contributed by atoms with Gasteiger partial charge in [-0.15, -0.1) is 0 Å². The van der Waals surface area contributed by atoms with Crippen LogP contribution < -0.4 is 10.5 Å². The lowest BCUT2D eigenvalue weighted by Gasteiger charge is -2.10. The monoisotopic (exact) mass is 258 g/mol. The highest BCUT2D eigenvalue weighted by Crippen LogP contribution is 2.18. The molecule has 0 heterocycles. The Hall–Kier alpha value is -2.36. The number of amidine groups is 1. The Morgan fingerprint density at radius 3 is 2.63 bits per heavy atom. The lowest BCUT2D eigenvalue weighted by atomic mass is 10.1. The molecule has 0 aliphatic rings. The molecule has 0 aliphatic carbocycles. The lowest BCUT2D eigenvalue weighted by molar-refractivity contribution is 0.289. The zero-order valence-electron chi connectivity index (χ0n) is 10.6. The maximum Gasteiger partial charge on any atom is 0.165 e. The van der Waals surface area contributed by atoms with Crippen LogP contribution in [0.2, 0.25) is 0 Å². The summed E-state index contributed by atoms with van der Waals surface area (Å²) in [6, 6.07) is 11.7. The van der Waals surface area contributed by atoms with E-state index in [1.165, 1.54) is 6.07 Å². The van der Waals surface area contributed by atoms with Crippen LogP contribution in [-0.4, -0.2) is 5.84 Å². The second-order valence-electron chi connectivity index (χ2n) is 4.27. The zero-order chi connectivity index (χ0) is 13.8. The molecular formula is C15H15FN2O. The SMILES string of the molecule is Cc1cc(C(=N)N)ccc1COc1ccccc1F. The lowest BCUT2D eigenvalue weighted by Crippen LogP contribution is -2.11. The van der Waals surface area contributed by atoms with Gasteiger partial charge in [-0.05, 0) is 36.2 Å². The Morgan fingerprint density at radius 1 is 1.26 bits per heavy atom. The normalized spacial score (nSPS) is 10.2. The van der Waals surface area contributed by atoms with Crippen molar-refractivity contribution in [3.63, 3.8) is 0 Å². The number of ether oxygens (including phenoxy) is 1. The number of nitrogen functional groups attached to an aromatic ring is 1. The number of para-hydroxylation sites is 1. The fourth-order valence-corrected chi connectivity index (χ4v) is 1.74. The number of aryl methyl sites for hydroxylation is 1. The summed E-state index contributed by atoms with van der Waals surface area (Å²) in [5.41, 5.74) is 7.99. The fourth-order valence-electron chi connectivity index (χ4n) is 1.74. The van der Waals surface area contributed by atoms with Crippen molar-refractivity contribution in [1.82, 2.24) is 0 Å². The highest BCUT2D eigenvalue weighted by Gasteiger charge is 2.05. The third-order valence-electron chi connectivity index (χ3n) is 2.87. The van der Waals surface area contributed by atoms with Gasteiger partial charge in [0.05, 0.1) is 0 Å². The minimum Gasteiger partial charge on any atom is -0.486 e. The molecule has 0 aromatic heterocycles. The largest absolute Gasteiger partial charge is 0.486 e. The molecule has 3 N–H and O–H groups in total. The molecule has 0 aliphatic heterocycles. The molecule has 98 valence electrons. The van der Waals surface area contributed by atoms with Crippen molar-refractivity contribution >= 4 is 5.84 Å². The third kappa shape index (κ3) is 3.10. The van der Waals surface area contributed by atoms with Gasteiger partial charge in [0.15, 0.2) is 11.6 Å². The van der Waals surface area contributed by atoms with E-state index in [9.17, 15) is 4.39 Å². The zero-order valence-corrected chi connectivity index (χ0v) is 10.6. The van der Waals surface area contributed by atoms with Crippen LogP contribution in [0.15, 0.2) is 42.5 Å². The Balaban J connectivity index is 2.12. The standard InChI is InChI=1S/C15H15FN2O/c1-10-8-11(15(17)18)6-7-12(10)9-19-14-5-3-2-4-13(14)16/h2-8H,9H2,1H3,(H3,17,18). The van der Waals surface area contributed by atoms with Crippen molar-refractivity contribution < 1.29 is 9.13 Å². The molecule has 2 rings (SSSR count). The smallest absolute Gasteiger partial charge is 0.165 e. The Morgan fingerprint density at radius 2 is 2.00 bits per heavy atom. The molecule has 0 spiro atoms. The minimum atomic E-state index is -0.375. The van der Waals surface area contributed by atoms with Crippen molar-refractivity contribution in [1.29, 1.82) is 5.41 Å². The van der Waals surface area contributed by atoms with Gasteiger partial charge in [-0.3, -0.25) is 5.41 Å². The van der Waals surface area contributed by atoms with Gasteiger partial charge >= 0.3 is 0 Å². The van der Waals surface area contributed by atoms with E-state index < -0.39 is 0 Å². The molecule has 3 nitrogen and oxygen atoms in total. The van der Waals surface area contributed by atoms with E-state index in [0.29, 0.717) is 5.56 Å². The van der Waals surface area contributed by atoms with Crippen molar-refractivity contribution in [3.05, 3.63) is 65.0 Å². The summed E-state index contributed by atoms with van der Waals surface area (Å²) in [5, 5.41) is 7.36. The maximum atomic E-state index is 13.4. The van der Waals surface area contributed by atoms with Gasteiger partial charge in [0.1, 0.15) is 12.4 Å². The topological polar surface area (TPSA) is 59.1 Å². The molecule has 0 saturated heterocycles. The predicted molar refractivity (Wildman–Crippen MR) is 72.9 cm³/mol. The fraction of sp³-hybridized carbons (Fsp3) is 0.133. The van der Waals surface area contributed by atoms with Crippen LogP contribution >= 0.6 is 0 Å². The number of rotatable bonds is 4. The number of hydrogen-bond donors (Lipinski definition) is 2. The number of nitrogens with two attached hydrogens (primary N) is 1. The van der Waals surface area contributed by atoms with Crippen LogP contribution in [0.5, 0.6) is 5.75 Å². The number of nitrogens with one attached hydrogen (secondary N) is 1. The van der Waals surface area contributed by atoms with Crippen molar-refractivity contribution in [3.8, 4) is 5.75 Å². The van der Waals surface area contributed by atoms with Crippen LogP contribution in [-0.2, 0) is 6.61 Å². The van der Waals surface area contributed by atoms with Gasteiger partial charge in [-0.1, -0.05) is 24.3 Å². The molecule has 4 heteroatoms. The number of hydrogen-bond acceptors (Lipinski definition) is 2. The van der Waals surface area contributed by atoms with E-state index in [-0.39, 0.29) is 24.0 Å². The quantitative estimate of drug-likeness (QED) is 0.654. The van der Waals surface area contributed by atoms with Gasteiger partial charge in [0, 0.05) is 5.56 Å². The van der Waals surface area contributed by atoms with Gasteiger partial charge < -0.3 is 10.5 Å². The molecule has 2 aromatic carbocycles. The third-order valence-corrected chi connectivity index (χ3v) is 2.87. The second-order valence-corrected chi connectivity index (χ2v) is 4.27. The molecule has 0 unspecified atom stereocenters. The predicted octanol–water partition coefficient (Wildman–Crippen LogP) is 3.00. The van der Waals surface area contributed by atoms with E-state index >= 15 is 0 Å². The molecule has 0 radical (unpaired) electrons. The second kappa shape index (κ2) is 5.52. The molecule has 0 fully saturated rings.